The molecule has 3 saturated carbocycles. The highest BCUT2D eigenvalue weighted by Gasteiger charge is 2.75. The number of allylic oxidation sites excluding steroid dienone is 4. The van der Waals surface area contributed by atoms with Crippen LogP contribution in [0, 0.1) is 22.7 Å². The second kappa shape index (κ2) is 5.27. The van der Waals surface area contributed by atoms with Crippen molar-refractivity contribution in [2.75, 3.05) is 0 Å². The molecule has 0 unspecified atom stereocenters. The maximum absolute atomic E-state index is 16.9. The van der Waals surface area contributed by atoms with Gasteiger partial charge in [-0.2, -0.15) is 0 Å². The van der Waals surface area contributed by atoms with Crippen molar-refractivity contribution >= 4 is 0 Å². The minimum atomic E-state index is -1.14. The van der Waals surface area contributed by atoms with Gasteiger partial charge in [0.2, 0.25) is 0 Å². The first-order chi connectivity index (χ1) is 12.6. The summed E-state index contributed by atoms with van der Waals surface area (Å²) in [4.78, 5) is 0. The molecule has 0 radical (unpaired) electrons. The predicted molar refractivity (Wildman–Crippen MR) is 105 cm³/mol. The van der Waals surface area contributed by atoms with Crippen LogP contribution < -0.4 is 0 Å². The van der Waals surface area contributed by atoms with Gasteiger partial charge in [0.15, 0.2) is 5.79 Å². The van der Waals surface area contributed by atoms with E-state index in [1.54, 1.807) is 0 Å². The molecule has 0 amide bonds. The molecule has 1 aliphatic heterocycles. The lowest BCUT2D eigenvalue weighted by atomic mass is 9.45. The second-order valence-corrected chi connectivity index (χ2v) is 10.7. The van der Waals surface area contributed by atoms with E-state index in [0.29, 0.717) is 12.3 Å². The molecule has 150 valence electrons. The predicted octanol–water partition coefficient (Wildman–Crippen LogP) is 6.12. The smallest absolute Gasteiger partial charge is 0.164 e. The highest BCUT2D eigenvalue weighted by Crippen LogP contribution is 2.72. The van der Waals surface area contributed by atoms with Crippen molar-refractivity contribution in [2.24, 2.45) is 22.7 Å². The average Bonchev–Trinajstić information content (AvgIpc) is 3.01. The number of ether oxygens (including phenoxy) is 2. The third kappa shape index (κ3) is 1.99. The van der Waals surface area contributed by atoms with Gasteiger partial charge in [-0.05, 0) is 77.6 Å². The first kappa shape index (κ1) is 18.4. The maximum atomic E-state index is 16.9. The summed E-state index contributed by atoms with van der Waals surface area (Å²) in [5, 5.41) is 0. The molecule has 7 atom stereocenters. The zero-order valence-electron chi connectivity index (χ0n) is 17.6. The quantitative estimate of drug-likeness (QED) is 0.515. The molecule has 1 heterocycles. The lowest BCUT2D eigenvalue weighted by Crippen LogP contribution is -2.62. The van der Waals surface area contributed by atoms with Crippen LogP contribution in [0.2, 0.25) is 0 Å². The Labute approximate surface area is 163 Å². The summed E-state index contributed by atoms with van der Waals surface area (Å²) in [5.74, 6) is -0.0871. The minimum absolute atomic E-state index is 0.00357. The minimum Gasteiger partial charge on any atom is -0.344 e. The number of hydrogen-bond donors (Lipinski definition) is 0. The van der Waals surface area contributed by atoms with E-state index in [4.69, 9.17) is 9.47 Å². The Hall–Kier alpha value is -0.670. The van der Waals surface area contributed by atoms with Gasteiger partial charge in [0.05, 0.1) is 6.10 Å². The number of halogens is 1. The summed E-state index contributed by atoms with van der Waals surface area (Å²) in [6.45, 7) is 10.8. The van der Waals surface area contributed by atoms with Gasteiger partial charge in [-0.15, -0.1) is 0 Å². The third-order valence-corrected chi connectivity index (χ3v) is 9.44. The summed E-state index contributed by atoms with van der Waals surface area (Å²) in [7, 11) is 0. The van der Waals surface area contributed by atoms with Gasteiger partial charge in [0.1, 0.15) is 11.3 Å². The van der Waals surface area contributed by atoms with Gasteiger partial charge in [0, 0.05) is 10.8 Å². The molecule has 3 heteroatoms. The normalized spacial score (nSPS) is 55.3. The van der Waals surface area contributed by atoms with Crippen molar-refractivity contribution in [1.82, 2.24) is 0 Å². The molecule has 0 aromatic rings. The fourth-order valence-electron chi connectivity index (χ4n) is 8.13. The molecular weight excluding hydrogens is 339 g/mol. The summed E-state index contributed by atoms with van der Waals surface area (Å²) in [6, 6.07) is 0. The molecule has 0 bridgehead atoms. The molecule has 0 aromatic heterocycles. The van der Waals surface area contributed by atoms with Gasteiger partial charge < -0.3 is 9.47 Å². The SMILES string of the molecule is CC[C@@]12OC(C)(C)O[C@@H]1C[C@H]1[C@@H]3CCC4=CCC=C[C@]4(C)[C@@]3(F)CC[C@@]12C. The lowest BCUT2D eigenvalue weighted by Gasteiger charge is -2.61. The Morgan fingerprint density at radius 2 is 1.93 bits per heavy atom. The van der Waals surface area contributed by atoms with Crippen LogP contribution in [0.25, 0.3) is 0 Å². The van der Waals surface area contributed by atoms with E-state index >= 15 is 4.39 Å². The van der Waals surface area contributed by atoms with Gasteiger partial charge in [-0.25, -0.2) is 4.39 Å². The van der Waals surface area contributed by atoms with Crippen LogP contribution >= 0.6 is 0 Å². The molecule has 2 nitrogen and oxygen atoms in total. The molecule has 4 aliphatic carbocycles. The van der Waals surface area contributed by atoms with Crippen LogP contribution in [0.15, 0.2) is 23.8 Å². The molecule has 5 aliphatic rings. The van der Waals surface area contributed by atoms with Crippen LogP contribution in [-0.2, 0) is 9.47 Å². The Bertz CT molecular complexity index is 726. The fourth-order valence-corrected chi connectivity index (χ4v) is 8.13. The van der Waals surface area contributed by atoms with E-state index in [1.165, 1.54) is 5.57 Å². The highest BCUT2D eigenvalue weighted by molar-refractivity contribution is 5.37. The average molecular weight is 375 g/mol. The van der Waals surface area contributed by atoms with Gasteiger partial charge in [0.25, 0.3) is 0 Å². The Balaban J connectivity index is 1.57. The summed E-state index contributed by atoms with van der Waals surface area (Å²) in [6.07, 6.45) is 13.2. The molecule has 0 N–H and O–H groups in total. The van der Waals surface area contributed by atoms with Crippen LogP contribution in [0.4, 0.5) is 4.39 Å². The van der Waals surface area contributed by atoms with Crippen molar-refractivity contribution in [3.63, 3.8) is 0 Å². The van der Waals surface area contributed by atoms with Crippen LogP contribution in [0.1, 0.15) is 79.6 Å². The largest absolute Gasteiger partial charge is 0.344 e. The van der Waals surface area contributed by atoms with Crippen molar-refractivity contribution in [3.05, 3.63) is 23.8 Å². The van der Waals surface area contributed by atoms with E-state index in [1.807, 2.05) is 13.8 Å². The zero-order chi connectivity index (χ0) is 19.3. The van der Waals surface area contributed by atoms with Crippen molar-refractivity contribution < 1.29 is 13.9 Å². The first-order valence-corrected chi connectivity index (χ1v) is 11.1. The molecule has 1 saturated heterocycles. The Morgan fingerprint density at radius 1 is 1.15 bits per heavy atom. The molecule has 5 rings (SSSR count). The third-order valence-electron chi connectivity index (χ3n) is 9.44. The standard InChI is InChI=1S/C24H35FO2/c1-6-24-19(26-20(2,3)27-24)15-18-17-11-10-16-9-7-8-12-21(16,4)23(17,25)14-13-22(18,24)5/h8-9,12,17-19H,6-7,10-11,13-15H2,1-5H3/t17-,18-,19+,21-,22-,23+,24+/m0/s1. The van der Waals surface area contributed by atoms with Crippen LogP contribution in [0.5, 0.6) is 0 Å². The molecule has 27 heavy (non-hydrogen) atoms. The monoisotopic (exact) mass is 374 g/mol. The van der Waals surface area contributed by atoms with E-state index < -0.39 is 16.9 Å². The van der Waals surface area contributed by atoms with Crippen LogP contribution in [0.3, 0.4) is 0 Å². The summed E-state index contributed by atoms with van der Waals surface area (Å²) in [5.41, 5.74) is -0.489. The van der Waals surface area contributed by atoms with E-state index in [2.05, 4.69) is 39.0 Å². The molecular formula is C24H35FO2. The number of alkyl halides is 1. The van der Waals surface area contributed by atoms with Crippen LogP contribution in [-0.4, -0.2) is 23.2 Å². The Morgan fingerprint density at radius 3 is 2.67 bits per heavy atom. The summed E-state index contributed by atoms with van der Waals surface area (Å²) >= 11 is 0. The van der Waals surface area contributed by atoms with Gasteiger partial charge in [-0.3, -0.25) is 0 Å². The van der Waals surface area contributed by atoms with E-state index in [-0.39, 0.29) is 23.0 Å². The lowest BCUT2D eigenvalue weighted by molar-refractivity contribution is -0.226. The van der Waals surface area contributed by atoms with Gasteiger partial charge >= 0.3 is 0 Å². The number of hydrogen-bond acceptors (Lipinski definition) is 2. The number of rotatable bonds is 1. The maximum Gasteiger partial charge on any atom is 0.164 e. The fraction of sp³-hybridized carbons (Fsp3) is 0.833. The van der Waals surface area contributed by atoms with E-state index in [9.17, 15) is 0 Å². The highest BCUT2D eigenvalue weighted by atomic mass is 19.1. The van der Waals surface area contributed by atoms with Gasteiger partial charge in [-0.1, -0.05) is 37.6 Å². The van der Waals surface area contributed by atoms with Crippen molar-refractivity contribution in [1.29, 1.82) is 0 Å². The molecule has 4 fully saturated rings. The van der Waals surface area contributed by atoms with E-state index in [0.717, 1.165) is 38.5 Å². The Kier molecular flexibility index (Phi) is 3.59. The molecule has 0 spiro atoms. The molecule has 0 aromatic carbocycles. The van der Waals surface area contributed by atoms with Crippen molar-refractivity contribution in [3.8, 4) is 0 Å². The second-order valence-electron chi connectivity index (χ2n) is 10.7. The zero-order valence-corrected chi connectivity index (χ0v) is 17.6. The topological polar surface area (TPSA) is 18.5 Å². The first-order valence-electron chi connectivity index (χ1n) is 11.1. The summed E-state index contributed by atoms with van der Waals surface area (Å²) < 4.78 is 30.0. The number of fused-ring (bicyclic) bond motifs is 7. The van der Waals surface area contributed by atoms with Crippen molar-refractivity contribution in [2.45, 2.75) is 103 Å².